The van der Waals surface area contributed by atoms with E-state index in [-0.39, 0.29) is 98.1 Å². The van der Waals surface area contributed by atoms with Crippen molar-refractivity contribution < 1.29 is 98.1 Å². The molecule has 0 saturated carbocycles. The Morgan fingerprint density at radius 1 is 1.09 bits per heavy atom. The zero-order valence-electron chi connectivity index (χ0n) is 8.01. The molecule has 0 aliphatic carbocycles. The Labute approximate surface area is 147 Å². The molecule has 0 rings (SSSR count). The first-order chi connectivity index (χ1) is 3.77. The summed E-state index contributed by atoms with van der Waals surface area (Å²) >= 11 is 0. The Hall–Kier alpha value is 3.31. The Morgan fingerprint density at radius 3 is 1.82 bits per heavy atom. The third-order valence-corrected chi connectivity index (χ3v) is 1.27. The van der Waals surface area contributed by atoms with Crippen LogP contribution in [0.3, 0.4) is 0 Å². The first kappa shape index (κ1) is 23.9. The van der Waals surface area contributed by atoms with E-state index in [1.807, 2.05) is 0 Å². The molecule has 3 radical (unpaired) electrons. The second-order valence-electron chi connectivity index (χ2n) is 2.73. The van der Waals surface area contributed by atoms with Crippen LogP contribution < -0.4 is 0 Å². The first-order valence-electron chi connectivity index (χ1n) is 3.55. The minimum atomic E-state index is 0. The Bertz CT molecular complexity index is 46.6. The monoisotopic (exact) mass is 380 g/mol. The number of hydrogen-bond donors (Lipinski definition) is 0. The Balaban J connectivity index is -0.0000000817. The molecule has 0 fully saturated rings. The summed E-state index contributed by atoms with van der Waals surface area (Å²) in [6.07, 6.45) is 6.28. The molecule has 0 N–H and O–H groups in total. The average molecular weight is 380 g/mol. The molecule has 0 aromatic heterocycles. The summed E-state index contributed by atoms with van der Waals surface area (Å²) in [4.78, 5) is 0. The van der Waals surface area contributed by atoms with Gasteiger partial charge in [0, 0.05) is 98.1 Å². The molecule has 0 heterocycles. The molecule has 59 valence electrons. The van der Waals surface area contributed by atoms with Crippen LogP contribution in [0.4, 0.5) is 0 Å². The zero-order chi connectivity index (χ0) is 6.41. The van der Waals surface area contributed by atoms with Gasteiger partial charge < -0.3 is 6.42 Å². The Morgan fingerprint density at radius 2 is 1.55 bits per heavy atom. The van der Waals surface area contributed by atoms with Crippen molar-refractivity contribution in [1.29, 1.82) is 0 Å². The summed E-state index contributed by atoms with van der Waals surface area (Å²) in [5, 5.41) is 0. The molecule has 0 bridgehead atoms. The molecule has 0 aromatic rings. The van der Waals surface area contributed by atoms with Crippen LogP contribution in [-0.2, 0) is 98.1 Å². The van der Waals surface area contributed by atoms with E-state index in [4.69, 9.17) is 0 Å². The van der Waals surface area contributed by atoms with Gasteiger partial charge >= 0.3 is 0 Å². The van der Waals surface area contributed by atoms with Crippen molar-refractivity contribution in [3.8, 4) is 0 Å². The molecule has 0 saturated heterocycles. The molecule has 0 nitrogen and oxygen atoms in total. The molecule has 0 aliphatic rings. The van der Waals surface area contributed by atoms with Crippen molar-refractivity contribution in [3.05, 3.63) is 6.42 Å². The minimum Gasteiger partial charge on any atom is -0.332 e. The third-order valence-electron chi connectivity index (χ3n) is 1.27. The summed E-state index contributed by atoms with van der Waals surface area (Å²) in [7, 11) is 0. The van der Waals surface area contributed by atoms with Crippen LogP contribution in [0.25, 0.3) is 0 Å². The van der Waals surface area contributed by atoms with Crippen molar-refractivity contribution in [3.63, 3.8) is 0 Å². The van der Waals surface area contributed by atoms with Gasteiger partial charge in [-0.25, -0.2) is 0 Å². The molecule has 3 heteroatoms. The van der Waals surface area contributed by atoms with Gasteiger partial charge in [0.25, 0.3) is 0 Å². The fraction of sp³-hybridized carbons (Fsp3) is 0.875. The Kier molecular flexibility index (Phi) is 41.1. The quantitative estimate of drug-likeness (QED) is 0.520. The first-order valence-corrected chi connectivity index (χ1v) is 3.55. The molecule has 0 spiro atoms. The van der Waals surface area contributed by atoms with E-state index in [0.29, 0.717) is 0 Å². The summed E-state index contributed by atoms with van der Waals surface area (Å²) in [5.41, 5.74) is 0. The fourth-order valence-corrected chi connectivity index (χ4v) is 0.730. The second kappa shape index (κ2) is 19.0. The van der Waals surface area contributed by atoms with Gasteiger partial charge in [-0.3, -0.25) is 0 Å². The van der Waals surface area contributed by atoms with Gasteiger partial charge in [0.2, 0.25) is 0 Å². The van der Waals surface area contributed by atoms with Crippen molar-refractivity contribution >= 4 is 0 Å². The fourth-order valence-electron chi connectivity index (χ4n) is 0.730. The summed E-state index contributed by atoms with van der Waals surface area (Å²) in [6, 6.07) is 0. The van der Waals surface area contributed by atoms with E-state index in [0.717, 1.165) is 5.92 Å². The molecule has 0 aliphatic heterocycles. The molecular weight excluding hydrogens is 363 g/mol. The van der Waals surface area contributed by atoms with Crippen LogP contribution in [-0.4, -0.2) is 0 Å². The maximum absolute atomic E-state index is 2.27. The number of unbranched alkanes of at least 4 members (excludes halogenated alkanes) is 2. The second-order valence-corrected chi connectivity index (χ2v) is 2.73. The van der Waals surface area contributed by atoms with E-state index >= 15 is 0 Å². The van der Waals surface area contributed by atoms with Crippen molar-refractivity contribution in [2.24, 2.45) is 5.92 Å². The molecular formula is C8H17Y3-. The van der Waals surface area contributed by atoms with Gasteiger partial charge in [0.15, 0.2) is 0 Å². The predicted molar refractivity (Wildman–Crippen MR) is 38.7 cm³/mol. The van der Waals surface area contributed by atoms with Crippen LogP contribution in [0.15, 0.2) is 0 Å². The summed E-state index contributed by atoms with van der Waals surface area (Å²) in [6.45, 7) is 6.67. The molecule has 0 unspecified atom stereocenters. The topological polar surface area (TPSA) is 0 Å². The number of rotatable bonds is 4. The average Bonchev–Trinajstić information content (AvgIpc) is 1.66. The van der Waals surface area contributed by atoms with Crippen LogP contribution in [0.5, 0.6) is 0 Å². The molecule has 0 aromatic carbocycles. The van der Waals surface area contributed by atoms with Gasteiger partial charge in [-0.15, -0.1) is 0 Å². The SMILES string of the molecule is C[CH-]CCCC(C)C.[Y].[Y].[Y]. The van der Waals surface area contributed by atoms with E-state index in [1.54, 1.807) is 0 Å². The van der Waals surface area contributed by atoms with Crippen molar-refractivity contribution in [1.82, 2.24) is 0 Å². The maximum Gasteiger partial charge on any atom is 0 e. The van der Waals surface area contributed by atoms with Crippen LogP contribution in [0, 0.1) is 12.3 Å². The summed E-state index contributed by atoms with van der Waals surface area (Å²) < 4.78 is 0. The van der Waals surface area contributed by atoms with E-state index in [1.165, 1.54) is 19.3 Å². The zero-order valence-corrected chi connectivity index (χ0v) is 16.5. The molecule has 0 atom stereocenters. The van der Waals surface area contributed by atoms with Crippen LogP contribution >= 0.6 is 0 Å². The van der Waals surface area contributed by atoms with Gasteiger partial charge in [-0.2, -0.15) is 13.3 Å². The van der Waals surface area contributed by atoms with Crippen molar-refractivity contribution in [2.75, 3.05) is 0 Å². The summed E-state index contributed by atoms with van der Waals surface area (Å²) in [5.74, 6) is 0.884. The van der Waals surface area contributed by atoms with Crippen LogP contribution in [0.2, 0.25) is 0 Å². The smallest absolute Gasteiger partial charge is 0 e. The third kappa shape index (κ3) is 24.7. The normalized spacial score (nSPS) is 7.64. The van der Waals surface area contributed by atoms with Gasteiger partial charge in [-0.05, 0) is 5.92 Å². The van der Waals surface area contributed by atoms with Gasteiger partial charge in [0.05, 0.1) is 0 Å². The maximum atomic E-state index is 2.27. The van der Waals surface area contributed by atoms with Gasteiger partial charge in [-0.1, -0.05) is 26.7 Å². The van der Waals surface area contributed by atoms with E-state index in [2.05, 4.69) is 27.2 Å². The molecule has 0 amide bonds. The standard InChI is InChI=1S/C8H17.3Y/c1-4-5-6-7-8(2)3;;;/h4,8H,5-7H2,1-3H3;;;/q-1;;;. The van der Waals surface area contributed by atoms with Crippen LogP contribution in [0.1, 0.15) is 40.0 Å². The van der Waals surface area contributed by atoms with E-state index in [9.17, 15) is 0 Å². The molecule has 11 heavy (non-hydrogen) atoms. The van der Waals surface area contributed by atoms with Gasteiger partial charge in [0.1, 0.15) is 0 Å². The van der Waals surface area contributed by atoms with E-state index < -0.39 is 0 Å². The predicted octanol–water partition coefficient (Wildman–Crippen LogP) is 3.03. The van der Waals surface area contributed by atoms with Crippen molar-refractivity contribution in [2.45, 2.75) is 40.0 Å². The number of hydrogen-bond acceptors (Lipinski definition) is 0. The largest absolute Gasteiger partial charge is 0.332 e. The minimum absolute atomic E-state index is 0.